The molecule has 0 aliphatic heterocycles. The molecule has 0 saturated carbocycles. The lowest BCUT2D eigenvalue weighted by atomic mass is 10.2. The van der Waals surface area contributed by atoms with Gasteiger partial charge in [-0.2, -0.15) is 5.10 Å². The highest BCUT2D eigenvalue weighted by molar-refractivity contribution is 7.99. The molecule has 0 aliphatic rings. The summed E-state index contributed by atoms with van der Waals surface area (Å²) in [5, 5.41) is 13.1. The molecule has 29 heavy (non-hydrogen) atoms. The van der Waals surface area contributed by atoms with E-state index in [1.807, 2.05) is 39.8 Å². The predicted octanol–water partition coefficient (Wildman–Crippen LogP) is 2.22. The van der Waals surface area contributed by atoms with Gasteiger partial charge in [-0.15, -0.1) is 10.2 Å². The average Bonchev–Trinajstić information content (AvgIpc) is 3.30. The second kappa shape index (κ2) is 8.83. The van der Waals surface area contributed by atoms with Crippen molar-refractivity contribution in [1.82, 2.24) is 29.2 Å². The Kier molecular flexibility index (Phi) is 6.43. The number of hydrogen-bond donors (Lipinski definition) is 1. The number of Topliss-reactive ketones (excluding diaryl/α,β-unsaturated/α-hetero) is 1. The molecule has 0 unspecified atom stereocenters. The Labute approximate surface area is 174 Å². The maximum Gasteiger partial charge on any atom is 0.271 e. The Balaban J connectivity index is 1.70. The first-order chi connectivity index (χ1) is 13.8. The normalized spacial score (nSPS) is 11.3. The fraction of sp³-hybridized carbons (Fsp3) is 0.474. The van der Waals surface area contributed by atoms with E-state index in [0.717, 1.165) is 41.3 Å². The van der Waals surface area contributed by atoms with Crippen molar-refractivity contribution in [2.24, 2.45) is 0 Å². The summed E-state index contributed by atoms with van der Waals surface area (Å²) >= 11 is 1.27. The van der Waals surface area contributed by atoms with Crippen LogP contribution in [0.15, 0.2) is 17.3 Å². The topological polar surface area (TPSA) is 106 Å². The Morgan fingerprint density at radius 2 is 1.93 bits per heavy atom. The zero-order chi connectivity index (χ0) is 21.1. The van der Waals surface area contributed by atoms with Gasteiger partial charge < -0.3 is 15.1 Å². The minimum atomic E-state index is 0.0387. The Morgan fingerprint density at radius 1 is 1.17 bits per heavy atom. The van der Waals surface area contributed by atoms with Crippen LogP contribution >= 0.6 is 11.8 Å². The van der Waals surface area contributed by atoms with Gasteiger partial charge in [-0.1, -0.05) is 11.8 Å². The molecule has 0 atom stereocenters. The van der Waals surface area contributed by atoms with Crippen LogP contribution in [0.4, 0.5) is 0 Å². The van der Waals surface area contributed by atoms with Gasteiger partial charge in [-0.3, -0.25) is 4.79 Å². The van der Waals surface area contributed by atoms with Gasteiger partial charge in [0.05, 0.1) is 11.4 Å². The number of rotatable bonds is 9. The summed E-state index contributed by atoms with van der Waals surface area (Å²) in [5.74, 6) is 6.84. The second-order valence-corrected chi connectivity index (χ2v) is 7.93. The molecule has 3 rings (SSSR count). The number of nitrogens with two attached hydrogens (primary N) is 1. The molecule has 0 saturated heterocycles. The fourth-order valence-corrected chi connectivity index (χ4v) is 4.08. The van der Waals surface area contributed by atoms with Crippen LogP contribution in [0.3, 0.4) is 0 Å². The first kappa shape index (κ1) is 21.1. The van der Waals surface area contributed by atoms with E-state index < -0.39 is 0 Å². The lowest BCUT2D eigenvalue weighted by Crippen LogP contribution is -2.17. The smallest absolute Gasteiger partial charge is 0.271 e. The third-order valence-electron chi connectivity index (χ3n) is 4.78. The minimum Gasteiger partial charge on any atom is -0.385 e. The number of nitrogens with zero attached hydrogens (tertiary/aromatic N) is 6. The van der Waals surface area contributed by atoms with Crippen molar-refractivity contribution in [2.45, 2.75) is 45.8 Å². The molecular weight excluding hydrogens is 390 g/mol. The van der Waals surface area contributed by atoms with Gasteiger partial charge in [0.1, 0.15) is 0 Å². The predicted molar refractivity (Wildman–Crippen MR) is 112 cm³/mol. The number of ketones is 1. The molecule has 3 heterocycles. The van der Waals surface area contributed by atoms with Crippen molar-refractivity contribution < 1.29 is 9.53 Å². The molecule has 156 valence electrons. The molecule has 10 heteroatoms. The molecule has 3 aromatic rings. The molecule has 0 bridgehead atoms. The number of nitrogen functional groups attached to an aromatic ring is 1. The van der Waals surface area contributed by atoms with Crippen LogP contribution in [0.25, 0.3) is 5.95 Å². The van der Waals surface area contributed by atoms with Crippen LogP contribution in [0.5, 0.6) is 0 Å². The molecule has 0 aliphatic carbocycles. The summed E-state index contributed by atoms with van der Waals surface area (Å²) in [7, 11) is 1.69. The van der Waals surface area contributed by atoms with Gasteiger partial charge in [0.25, 0.3) is 5.95 Å². The Hall–Kier alpha value is -2.59. The summed E-state index contributed by atoms with van der Waals surface area (Å²) in [6.45, 7) is 9.34. The van der Waals surface area contributed by atoms with E-state index in [4.69, 9.17) is 10.6 Å². The zero-order valence-corrected chi connectivity index (χ0v) is 18.3. The molecular formula is C19H27N7O2S. The monoisotopic (exact) mass is 417 g/mol. The SMILES string of the molecule is COCCCn1c(C)cc(C(=O)CSc2nnc(-n3nc(C)cc3C)n2N)c1C. The lowest BCUT2D eigenvalue weighted by molar-refractivity contribution is 0.102. The van der Waals surface area contributed by atoms with Crippen molar-refractivity contribution in [2.75, 3.05) is 25.3 Å². The molecule has 2 N–H and O–H groups in total. The third kappa shape index (κ3) is 4.38. The summed E-state index contributed by atoms with van der Waals surface area (Å²) < 4.78 is 10.3. The van der Waals surface area contributed by atoms with E-state index in [2.05, 4.69) is 19.9 Å². The van der Waals surface area contributed by atoms with Crippen LogP contribution in [0, 0.1) is 27.7 Å². The van der Waals surface area contributed by atoms with Gasteiger partial charge in [0.2, 0.25) is 5.16 Å². The van der Waals surface area contributed by atoms with Crippen LogP contribution in [-0.2, 0) is 11.3 Å². The first-order valence-electron chi connectivity index (χ1n) is 9.39. The quantitative estimate of drug-likeness (QED) is 0.246. The largest absolute Gasteiger partial charge is 0.385 e. The number of hydrogen-bond acceptors (Lipinski definition) is 7. The maximum absolute atomic E-state index is 12.8. The van der Waals surface area contributed by atoms with E-state index >= 15 is 0 Å². The van der Waals surface area contributed by atoms with Crippen LogP contribution in [-0.4, -0.2) is 54.5 Å². The molecule has 0 spiro atoms. The lowest BCUT2D eigenvalue weighted by Gasteiger charge is -2.09. The number of aromatic nitrogens is 6. The Bertz CT molecular complexity index is 1020. The zero-order valence-electron chi connectivity index (χ0n) is 17.5. The van der Waals surface area contributed by atoms with Crippen molar-refractivity contribution in [3.63, 3.8) is 0 Å². The van der Waals surface area contributed by atoms with Gasteiger partial charge in [-0.25, -0.2) is 9.36 Å². The molecule has 0 radical (unpaired) electrons. The molecule has 3 aromatic heterocycles. The van der Waals surface area contributed by atoms with E-state index in [9.17, 15) is 4.79 Å². The van der Waals surface area contributed by atoms with E-state index in [1.165, 1.54) is 16.4 Å². The highest BCUT2D eigenvalue weighted by atomic mass is 32.2. The van der Waals surface area contributed by atoms with Gasteiger partial charge in [0, 0.05) is 42.9 Å². The standard InChI is InChI=1S/C19H27N7O2S/c1-12-9-14(3)26(23-12)18-21-22-19(25(18)20)29-11-17(27)16-10-13(2)24(15(16)4)7-6-8-28-5/h9-10H,6-8,11,20H2,1-5H3. The summed E-state index contributed by atoms with van der Waals surface area (Å²) in [5.41, 5.74) is 4.56. The summed E-state index contributed by atoms with van der Waals surface area (Å²) in [6, 6.07) is 3.88. The van der Waals surface area contributed by atoms with Crippen molar-refractivity contribution >= 4 is 17.5 Å². The number of carbonyl (C=O) groups excluding carboxylic acids is 1. The highest BCUT2D eigenvalue weighted by Gasteiger charge is 2.19. The third-order valence-corrected chi connectivity index (χ3v) is 5.73. The molecule has 0 amide bonds. The van der Waals surface area contributed by atoms with Crippen molar-refractivity contribution in [1.29, 1.82) is 0 Å². The second-order valence-electron chi connectivity index (χ2n) is 6.99. The first-order valence-corrected chi connectivity index (χ1v) is 10.4. The highest BCUT2D eigenvalue weighted by Crippen LogP contribution is 2.22. The average molecular weight is 418 g/mol. The van der Waals surface area contributed by atoms with Crippen LogP contribution in [0.1, 0.15) is 39.6 Å². The number of aryl methyl sites for hydroxylation is 3. The number of carbonyl (C=O) groups is 1. The molecule has 9 nitrogen and oxygen atoms in total. The minimum absolute atomic E-state index is 0.0387. The fourth-order valence-electron chi connectivity index (χ4n) is 3.35. The van der Waals surface area contributed by atoms with Crippen LogP contribution in [0.2, 0.25) is 0 Å². The Morgan fingerprint density at radius 3 is 2.59 bits per heavy atom. The maximum atomic E-state index is 12.8. The van der Waals surface area contributed by atoms with E-state index in [-0.39, 0.29) is 11.5 Å². The van der Waals surface area contributed by atoms with Gasteiger partial charge in [-0.05, 0) is 46.2 Å². The molecule has 0 fully saturated rings. The summed E-state index contributed by atoms with van der Waals surface area (Å²) in [6.07, 6.45) is 0.903. The summed E-state index contributed by atoms with van der Waals surface area (Å²) in [4.78, 5) is 12.8. The van der Waals surface area contributed by atoms with Crippen molar-refractivity contribution in [3.05, 3.63) is 40.5 Å². The van der Waals surface area contributed by atoms with Gasteiger partial charge in [0.15, 0.2) is 5.78 Å². The number of methoxy groups -OCH3 is 1. The van der Waals surface area contributed by atoms with E-state index in [0.29, 0.717) is 17.7 Å². The molecule has 0 aromatic carbocycles. The number of ether oxygens (including phenoxy) is 1. The number of thioether (sulfide) groups is 1. The van der Waals surface area contributed by atoms with Gasteiger partial charge >= 0.3 is 0 Å². The van der Waals surface area contributed by atoms with E-state index in [1.54, 1.807) is 11.8 Å². The van der Waals surface area contributed by atoms with Crippen LogP contribution < -0.4 is 5.84 Å². The van der Waals surface area contributed by atoms with Crippen molar-refractivity contribution in [3.8, 4) is 5.95 Å².